The van der Waals surface area contributed by atoms with Gasteiger partial charge in [-0.15, -0.1) is 0 Å². The molecule has 1 N–H and O–H groups in total. The Morgan fingerprint density at radius 1 is 1.25 bits per heavy atom. The molecule has 3 unspecified atom stereocenters. The molecule has 0 spiro atoms. The highest BCUT2D eigenvalue weighted by molar-refractivity contribution is 5.75. The van der Waals surface area contributed by atoms with Crippen LogP contribution in [0.25, 0.3) is 0 Å². The number of carboxylic acid groups (broad SMARTS) is 1. The Bertz CT molecular complexity index is 295. The highest BCUT2D eigenvalue weighted by Crippen LogP contribution is 2.51. The molecule has 4 nitrogen and oxygen atoms in total. The molecule has 16 heavy (non-hydrogen) atoms. The standard InChI is InChI=1S/C12H18O4/c13-11(14)12(3-5-15-6-4-12)9-7-8-1-2-10(9)16-8/h8-10H,1-7H2,(H,13,14). The zero-order valence-corrected chi connectivity index (χ0v) is 9.35. The van der Waals surface area contributed by atoms with E-state index < -0.39 is 11.4 Å². The fraction of sp³-hybridized carbons (Fsp3) is 0.917. The van der Waals surface area contributed by atoms with Crippen molar-refractivity contribution in [2.45, 2.75) is 44.3 Å². The number of carboxylic acids is 1. The quantitative estimate of drug-likeness (QED) is 0.774. The minimum Gasteiger partial charge on any atom is -0.481 e. The molecule has 0 aromatic heterocycles. The van der Waals surface area contributed by atoms with Gasteiger partial charge in [0.1, 0.15) is 0 Å². The van der Waals surface area contributed by atoms with E-state index in [-0.39, 0.29) is 12.0 Å². The maximum absolute atomic E-state index is 11.6. The third-order valence-corrected chi connectivity index (χ3v) is 4.63. The molecule has 3 heterocycles. The molecule has 0 aromatic rings. The van der Waals surface area contributed by atoms with Gasteiger partial charge in [0.25, 0.3) is 0 Å². The zero-order chi connectivity index (χ0) is 11.2. The molecule has 2 bridgehead atoms. The van der Waals surface area contributed by atoms with Crippen molar-refractivity contribution in [1.29, 1.82) is 0 Å². The third-order valence-electron chi connectivity index (χ3n) is 4.63. The minimum atomic E-state index is -0.642. The van der Waals surface area contributed by atoms with Crippen molar-refractivity contribution in [2.75, 3.05) is 13.2 Å². The summed E-state index contributed by atoms with van der Waals surface area (Å²) in [5.74, 6) is -0.426. The normalized spacial score (nSPS) is 41.1. The minimum absolute atomic E-state index is 0.194. The van der Waals surface area contributed by atoms with Crippen LogP contribution >= 0.6 is 0 Å². The average Bonchev–Trinajstić information content (AvgIpc) is 2.91. The van der Waals surface area contributed by atoms with Gasteiger partial charge in [0, 0.05) is 19.1 Å². The first kappa shape index (κ1) is 10.5. The lowest BCUT2D eigenvalue weighted by atomic mass is 9.64. The summed E-state index contributed by atoms with van der Waals surface area (Å²) in [5.41, 5.74) is -0.571. The Labute approximate surface area is 94.9 Å². The van der Waals surface area contributed by atoms with Gasteiger partial charge in [0.05, 0.1) is 17.6 Å². The van der Waals surface area contributed by atoms with Crippen LogP contribution in [0.5, 0.6) is 0 Å². The van der Waals surface area contributed by atoms with Gasteiger partial charge >= 0.3 is 5.97 Å². The van der Waals surface area contributed by atoms with Crippen molar-refractivity contribution in [3.8, 4) is 0 Å². The van der Waals surface area contributed by atoms with Gasteiger partial charge in [-0.2, -0.15) is 0 Å². The lowest BCUT2D eigenvalue weighted by Gasteiger charge is -2.40. The molecule has 0 radical (unpaired) electrons. The Morgan fingerprint density at radius 3 is 2.50 bits per heavy atom. The number of hydrogen-bond donors (Lipinski definition) is 1. The van der Waals surface area contributed by atoms with Gasteiger partial charge in [-0.3, -0.25) is 4.79 Å². The SMILES string of the molecule is O=C(O)C1(C2CC3CCC2O3)CCOCC1. The second-order valence-electron chi connectivity index (χ2n) is 5.29. The van der Waals surface area contributed by atoms with Crippen molar-refractivity contribution < 1.29 is 19.4 Å². The van der Waals surface area contributed by atoms with Gasteiger partial charge in [0.15, 0.2) is 0 Å². The number of rotatable bonds is 2. The molecule has 3 fully saturated rings. The van der Waals surface area contributed by atoms with Crippen LogP contribution in [0.4, 0.5) is 0 Å². The van der Waals surface area contributed by atoms with E-state index in [1.165, 1.54) is 0 Å². The molecule has 90 valence electrons. The summed E-state index contributed by atoms with van der Waals surface area (Å²) in [6.45, 7) is 1.17. The molecule has 3 aliphatic heterocycles. The van der Waals surface area contributed by atoms with E-state index in [1.54, 1.807) is 0 Å². The van der Waals surface area contributed by atoms with Gasteiger partial charge < -0.3 is 14.6 Å². The third kappa shape index (κ3) is 1.39. The summed E-state index contributed by atoms with van der Waals surface area (Å²) in [6, 6.07) is 0. The van der Waals surface area contributed by atoms with E-state index in [9.17, 15) is 9.90 Å². The first-order valence-electron chi connectivity index (χ1n) is 6.19. The van der Waals surface area contributed by atoms with Crippen molar-refractivity contribution in [2.24, 2.45) is 11.3 Å². The number of fused-ring (bicyclic) bond motifs is 2. The summed E-state index contributed by atoms with van der Waals surface area (Å²) < 4.78 is 11.1. The first-order valence-corrected chi connectivity index (χ1v) is 6.19. The van der Waals surface area contributed by atoms with E-state index >= 15 is 0 Å². The fourth-order valence-electron chi connectivity index (χ4n) is 3.70. The maximum atomic E-state index is 11.6. The second-order valence-corrected chi connectivity index (χ2v) is 5.29. The highest BCUT2D eigenvalue weighted by atomic mass is 16.5. The number of ether oxygens (including phenoxy) is 2. The summed E-state index contributed by atoms with van der Waals surface area (Å²) in [7, 11) is 0. The topological polar surface area (TPSA) is 55.8 Å². The summed E-state index contributed by atoms with van der Waals surface area (Å²) >= 11 is 0. The molecule has 3 aliphatic rings. The van der Waals surface area contributed by atoms with E-state index in [0.717, 1.165) is 19.3 Å². The van der Waals surface area contributed by atoms with Gasteiger partial charge in [0.2, 0.25) is 0 Å². The second kappa shape index (κ2) is 3.70. The number of hydrogen-bond acceptors (Lipinski definition) is 3. The highest BCUT2D eigenvalue weighted by Gasteiger charge is 2.55. The Balaban J connectivity index is 1.85. The Hall–Kier alpha value is -0.610. The Morgan fingerprint density at radius 2 is 2.00 bits per heavy atom. The number of aliphatic carboxylic acids is 1. The summed E-state index contributed by atoms with van der Waals surface area (Å²) in [4.78, 5) is 11.6. The largest absolute Gasteiger partial charge is 0.481 e. The Kier molecular flexibility index (Phi) is 2.44. The monoisotopic (exact) mass is 226 g/mol. The van der Waals surface area contributed by atoms with E-state index in [2.05, 4.69) is 0 Å². The zero-order valence-electron chi connectivity index (χ0n) is 9.35. The lowest BCUT2D eigenvalue weighted by molar-refractivity contribution is -0.162. The van der Waals surface area contributed by atoms with Crippen molar-refractivity contribution in [1.82, 2.24) is 0 Å². The smallest absolute Gasteiger partial charge is 0.310 e. The van der Waals surface area contributed by atoms with Crippen molar-refractivity contribution >= 4 is 5.97 Å². The maximum Gasteiger partial charge on any atom is 0.310 e. The predicted molar refractivity (Wildman–Crippen MR) is 56.1 cm³/mol. The molecule has 0 aliphatic carbocycles. The van der Waals surface area contributed by atoms with Crippen LogP contribution < -0.4 is 0 Å². The summed E-state index contributed by atoms with van der Waals surface area (Å²) in [5, 5.41) is 9.57. The van der Waals surface area contributed by atoms with Gasteiger partial charge in [-0.05, 0) is 32.1 Å². The van der Waals surface area contributed by atoms with Gasteiger partial charge in [-0.1, -0.05) is 0 Å². The van der Waals surface area contributed by atoms with Crippen LogP contribution in [0.15, 0.2) is 0 Å². The predicted octanol–water partition coefficient (Wildman–Crippen LogP) is 1.44. The molecule has 0 amide bonds. The molecule has 3 rings (SSSR count). The van der Waals surface area contributed by atoms with E-state index in [0.29, 0.717) is 32.2 Å². The molecular formula is C12H18O4. The van der Waals surface area contributed by atoms with Crippen LogP contribution in [-0.4, -0.2) is 36.5 Å². The summed E-state index contributed by atoms with van der Waals surface area (Å²) in [6.07, 6.45) is 4.93. The molecule has 4 heteroatoms. The molecule has 3 atom stereocenters. The van der Waals surface area contributed by atoms with Crippen LogP contribution in [0.3, 0.4) is 0 Å². The molecule has 3 saturated heterocycles. The van der Waals surface area contributed by atoms with Crippen LogP contribution in [0.2, 0.25) is 0 Å². The molecule has 0 saturated carbocycles. The lowest BCUT2D eigenvalue weighted by Crippen LogP contribution is -2.46. The van der Waals surface area contributed by atoms with Crippen molar-refractivity contribution in [3.05, 3.63) is 0 Å². The molecule has 0 aromatic carbocycles. The van der Waals surface area contributed by atoms with Crippen LogP contribution in [0, 0.1) is 11.3 Å². The average molecular weight is 226 g/mol. The van der Waals surface area contributed by atoms with Gasteiger partial charge in [-0.25, -0.2) is 0 Å². The molecular weight excluding hydrogens is 208 g/mol. The fourth-order valence-corrected chi connectivity index (χ4v) is 3.70. The number of carbonyl (C=O) groups is 1. The van der Waals surface area contributed by atoms with Crippen LogP contribution in [0.1, 0.15) is 32.1 Å². The van der Waals surface area contributed by atoms with Crippen LogP contribution in [-0.2, 0) is 14.3 Å². The van der Waals surface area contributed by atoms with E-state index in [4.69, 9.17) is 9.47 Å². The van der Waals surface area contributed by atoms with E-state index in [1.807, 2.05) is 0 Å². The first-order chi connectivity index (χ1) is 7.72. The van der Waals surface area contributed by atoms with Crippen molar-refractivity contribution in [3.63, 3.8) is 0 Å².